The van der Waals surface area contributed by atoms with Crippen molar-refractivity contribution in [1.82, 2.24) is 4.57 Å². The summed E-state index contributed by atoms with van der Waals surface area (Å²) in [7, 11) is 0. The fraction of sp³-hybridized carbons (Fsp3) is 0.0217. The Morgan fingerprint density at radius 2 is 1.24 bits per heavy atom. The number of hydrogen-bond donors (Lipinski definition) is 1. The summed E-state index contributed by atoms with van der Waals surface area (Å²) in [5.41, 5.74) is 6.04. The molecule has 0 fully saturated rings. The van der Waals surface area contributed by atoms with Gasteiger partial charge in [-0.15, -0.1) is 11.3 Å². The molecule has 0 amide bonds. The largest absolute Gasteiger partial charge is 0.452 e. The number of furan rings is 1. The van der Waals surface area contributed by atoms with Gasteiger partial charge in [0.1, 0.15) is 11.3 Å². The predicted molar refractivity (Wildman–Crippen MR) is 216 cm³/mol. The zero-order valence-corrected chi connectivity index (χ0v) is 28.0. The quantitative estimate of drug-likeness (QED) is 0.186. The summed E-state index contributed by atoms with van der Waals surface area (Å²) >= 11 is 1.87. The lowest BCUT2D eigenvalue weighted by atomic mass is 9.97. The highest BCUT2D eigenvalue weighted by Crippen LogP contribution is 2.49. The summed E-state index contributed by atoms with van der Waals surface area (Å²) in [6.45, 7) is 0. The van der Waals surface area contributed by atoms with E-state index in [1.807, 2.05) is 23.5 Å². The van der Waals surface area contributed by atoms with Gasteiger partial charge in [0.25, 0.3) is 0 Å². The normalized spacial score (nSPS) is 14.7. The summed E-state index contributed by atoms with van der Waals surface area (Å²) in [5.74, 6) is 0.769. The molecule has 4 heterocycles. The van der Waals surface area contributed by atoms with Gasteiger partial charge in [0, 0.05) is 37.2 Å². The maximum Gasteiger partial charge on any atom is 0.201 e. The fourth-order valence-electron chi connectivity index (χ4n) is 8.60. The molecule has 12 rings (SSSR count). The minimum absolute atomic E-state index is 0.433. The first kappa shape index (κ1) is 27.4. The van der Waals surface area contributed by atoms with E-state index in [4.69, 9.17) is 9.41 Å². The molecule has 51 heavy (non-hydrogen) atoms. The van der Waals surface area contributed by atoms with Crippen LogP contribution in [0.4, 0.5) is 5.69 Å². The number of thiophene rings is 1. The monoisotopic (exact) mass is 669 g/mol. The van der Waals surface area contributed by atoms with E-state index >= 15 is 0 Å². The van der Waals surface area contributed by atoms with Crippen LogP contribution in [0.5, 0.6) is 0 Å². The fourth-order valence-corrected chi connectivity index (χ4v) is 9.86. The predicted octanol–water partition coefficient (Wildman–Crippen LogP) is 12.8. The molecule has 1 N–H and O–H groups in total. The maximum absolute atomic E-state index is 6.65. The molecule has 0 bridgehead atoms. The molecule has 0 aliphatic carbocycles. The minimum atomic E-state index is -0.433. The Balaban J connectivity index is 1.20. The first-order valence-corrected chi connectivity index (χ1v) is 18.1. The summed E-state index contributed by atoms with van der Waals surface area (Å²) < 4.78 is 11.7. The van der Waals surface area contributed by atoms with Crippen molar-refractivity contribution < 1.29 is 4.42 Å². The van der Waals surface area contributed by atoms with E-state index in [1.165, 1.54) is 68.8 Å². The highest BCUT2D eigenvalue weighted by Gasteiger charge is 2.31. The van der Waals surface area contributed by atoms with E-state index in [2.05, 4.69) is 149 Å². The molecule has 238 valence electrons. The first-order valence-electron chi connectivity index (χ1n) is 17.3. The van der Waals surface area contributed by atoms with Crippen molar-refractivity contribution in [3.63, 3.8) is 0 Å². The molecular weight excluding hydrogens is 643 g/mol. The van der Waals surface area contributed by atoms with Crippen LogP contribution in [0.2, 0.25) is 0 Å². The molecule has 8 aromatic carbocycles. The topological polar surface area (TPSA) is 42.5 Å². The molecule has 1 atom stereocenters. The lowest BCUT2D eigenvalue weighted by Crippen LogP contribution is -2.24. The van der Waals surface area contributed by atoms with Crippen LogP contribution in [-0.4, -0.2) is 10.3 Å². The smallest absolute Gasteiger partial charge is 0.201 e. The summed E-state index contributed by atoms with van der Waals surface area (Å²) in [4.78, 5) is 5.62. The van der Waals surface area contributed by atoms with Crippen molar-refractivity contribution in [3.8, 4) is 0 Å². The molecule has 1 aliphatic rings. The van der Waals surface area contributed by atoms with Gasteiger partial charge >= 0.3 is 0 Å². The summed E-state index contributed by atoms with van der Waals surface area (Å²) in [6.07, 6.45) is -0.433. The van der Waals surface area contributed by atoms with Crippen LogP contribution >= 0.6 is 11.3 Å². The van der Waals surface area contributed by atoms with Crippen LogP contribution in [-0.2, 0) is 0 Å². The van der Waals surface area contributed by atoms with Gasteiger partial charge in [0.2, 0.25) is 6.29 Å². The van der Waals surface area contributed by atoms with Crippen LogP contribution in [0.3, 0.4) is 0 Å². The van der Waals surface area contributed by atoms with Crippen molar-refractivity contribution in [2.24, 2.45) is 4.99 Å². The lowest BCUT2D eigenvalue weighted by Gasteiger charge is -2.26. The Bertz CT molecular complexity index is 3310. The van der Waals surface area contributed by atoms with Crippen LogP contribution in [0.1, 0.15) is 17.6 Å². The van der Waals surface area contributed by atoms with E-state index in [9.17, 15) is 0 Å². The second-order valence-corrected chi connectivity index (χ2v) is 14.5. The number of para-hydroxylation sites is 2. The lowest BCUT2D eigenvalue weighted by molar-refractivity contribution is 0.578. The van der Waals surface area contributed by atoms with Crippen molar-refractivity contribution in [2.45, 2.75) is 6.29 Å². The van der Waals surface area contributed by atoms with Crippen LogP contribution in [0.25, 0.3) is 85.3 Å². The molecule has 0 radical (unpaired) electrons. The minimum Gasteiger partial charge on any atom is -0.452 e. The first-order chi connectivity index (χ1) is 25.3. The zero-order chi connectivity index (χ0) is 33.2. The van der Waals surface area contributed by atoms with Crippen molar-refractivity contribution in [1.29, 1.82) is 0 Å². The van der Waals surface area contributed by atoms with E-state index in [1.54, 1.807) is 0 Å². The number of rotatable bonds is 2. The molecule has 0 saturated carbocycles. The van der Waals surface area contributed by atoms with Crippen LogP contribution < -0.4 is 5.32 Å². The Morgan fingerprint density at radius 1 is 0.569 bits per heavy atom. The van der Waals surface area contributed by atoms with Crippen molar-refractivity contribution >= 4 is 108 Å². The highest BCUT2D eigenvalue weighted by molar-refractivity contribution is 7.27. The Kier molecular flexibility index (Phi) is 5.41. The van der Waals surface area contributed by atoms with E-state index in [0.717, 1.165) is 39.2 Å². The van der Waals surface area contributed by atoms with Gasteiger partial charge in [0.15, 0.2) is 5.76 Å². The van der Waals surface area contributed by atoms with Gasteiger partial charge < -0.3 is 9.73 Å². The van der Waals surface area contributed by atoms with Crippen LogP contribution in [0, 0.1) is 0 Å². The third kappa shape index (κ3) is 3.70. The molecule has 3 aromatic heterocycles. The molecule has 1 unspecified atom stereocenters. The average molecular weight is 670 g/mol. The Morgan fingerprint density at radius 3 is 2.12 bits per heavy atom. The Labute approximate surface area is 295 Å². The number of fused-ring (bicyclic) bond motifs is 16. The van der Waals surface area contributed by atoms with Gasteiger partial charge in [-0.1, -0.05) is 121 Å². The molecule has 5 heteroatoms. The standard InChI is InChI=1S/C46H27N3OS/c1-2-12-29-26(11-1)21-22-27-25-28(23-24-30(27)29)41-44-42(34-16-6-9-19-37(34)50-44)48-46(47-41)49-36-18-8-5-15-33(36)39-31-13-3-4-14-32(31)40-35-17-7-10-20-38(35)51-45(40)43(39)49/h1-25,46,48H. The number of anilines is 1. The molecule has 11 aromatic rings. The zero-order valence-electron chi connectivity index (χ0n) is 27.2. The van der Waals surface area contributed by atoms with Crippen molar-refractivity contribution in [3.05, 3.63) is 163 Å². The van der Waals surface area contributed by atoms with Gasteiger partial charge in [0.05, 0.1) is 21.4 Å². The maximum atomic E-state index is 6.65. The number of aliphatic imine (C=N–C) groups is 1. The number of aromatic nitrogens is 1. The summed E-state index contributed by atoms with van der Waals surface area (Å²) in [6, 6.07) is 54.5. The highest BCUT2D eigenvalue weighted by atomic mass is 32.1. The van der Waals surface area contributed by atoms with Gasteiger partial charge in [-0.25, -0.2) is 4.99 Å². The Hall–Kier alpha value is -6.43. The second-order valence-electron chi connectivity index (χ2n) is 13.5. The number of nitrogens with one attached hydrogen (secondary N) is 1. The second kappa shape index (κ2) is 10.1. The van der Waals surface area contributed by atoms with Gasteiger partial charge in [-0.2, -0.15) is 0 Å². The molecule has 1 aliphatic heterocycles. The van der Waals surface area contributed by atoms with E-state index in [-0.39, 0.29) is 0 Å². The number of hydrogen-bond acceptors (Lipinski definition) is 4. The number of benzene rings is 8. The SMILES string of the molecule is c1ccc2c(c1)ccc1cc(C3=NC(n4c5ccccc5c5c6ccccc6c6c7ccccc7sc6c54)Nc4c3oc3ccccc43)ccc12. The van der Waals surface area contributed by atoms with Gasteiger partial charge in [-0.05, 0) is 62.6 Å². The summed E-state index contributed by atoms with van der Waals surface area (Å²) in [5, 5.41) is 17.5. The number of nitrogens with zero attached hydrogens (tertiary/aromatic N) is 2. The third-order valence-corrected chi connectivity index (χ3v) is 12.0. The molecule has 4 nitrogen and oxygen atoms in total. The van der Waals surface area contributed by atoms with Crippen molar-refractivity contribution in [2.75, 3.05) is 5.32 Å². The molecule has 0 saturated heterocycles. The molecule has 0 spiro atoms. The average Bonchev–Trinajstić information content (AvgIpc) is 3.87. The molecular formula is C46H27N3OS. The van der Waals surface area contributed by atoms with Crippen LogP contribution in [0.15, 0.2) is 161 Å². The third-order valence-electron chi connectivity index (χ3n) is 10.8. The van der Waals surface area contributed by atoms with E-state index < -0.39 is 6.29 Å². The van der Waals surface area contributed by atoms with E-state index in [0.29, 0.717) is 0 Å². The van der Waals surface area contributed by atoms with Gasteiger partial charge in [-0.3, -0.25) is 4.57 Å².